The molecular weight excluding hydrogens is 340 g/mol. The molecule has 0 radical (unpaired) electrons. The highest BCUT2D eigenvalue weighted by molar-refractivity contribution is 7.91. The fourth-order valence-corrected chi connectivity index (χ4v) is 5.56. The Balaban J connectivity index is 1.63. The van der Waals surface area contributed by atoms with Gasteiger partial charge in [0.2, 0.25) is 5.91 Å². The number of carbonyl (C=O) groups is 1. The van der Waals surface area contributed by atoms with E-state index in [2.05, 4.69) is 17.0 Å². The van der Waals surface area contributed by atoms with E-state index in [1.165, 1.54) is 5.56 Å². The molecule has 0 bridgehead atoms. The van der Waals surface area contributed by atoms with Gasteiger partial charge in [0.1, 0.15) is 5.75 Å². The molecule has 7 heteroatoms. The van der Waals surface area contributed by atoms with Gasteiger partial charge in [0.05, 0.1) is 25.2 Å². The quantitative estimate of drug-likeness (QED) is 0.790. The third kappa shape index (κ3) is 4.15. The topological polar surface area (TPSA) is 66.9 Å². The Morgan fingerprint density at radius 1 is 1.28 bits per heavy atom. The summed E-state index contributed by atoms with van der Waals surface area (Å²) in [7, 11) is 0.395. The zero-order valence-corrected chi connectivity index (χ0v) is 15.7. The van der Waals surface area contributed by atoms with Crippen LogP contribution in [-0.2, 0) is 14.6 Å². The van der Waals surface area contributed by atoms with Crippen LogP contribution in [0.4, 0.5) is 0 Å². The normalized spacial score (nSPS) is 25.8. The van der Waals surface area contributed by atoms with Crippen LogP contribution in [0.2, 0.25) is 0 Å². The van der Waals surface area contributed by atoms with Crippen molar-refractivity contribution < 1.29 is 17.9 Å². The average molecular weight is 366 g/mol. The van der Waals surface area contributed by atoms with E-state index in [1.54, 1.807) is 19.1 Å². The van der Waals surface area contributed by atoms with Crippen LogP contribution >= 0.6 is 0 Å². The van der Waals surface area contributed by atoms with Crippen LogP contribution in [0.25, 0.3) is 0 Å². The fourth-order valence-electron chi connectivity index (χ4n) is 3.79. The molecule has 0 aliphatic carbocycles. The Kier molecular flexibility index (Phi) is 5.34. The van der Waals surface area contributed by atoms with Crippen molar-refractivity contribution >= 4 is 15.7 Å². The lowest BCUT2D eigenvalue weighted by atomic mass is 10.0. The lowest BCUT2D eigenvalue weighted by molar-refractivity contribution is -0.133. The first-order valence-electron chi connectivity index (χ1n) is 8.74. The second-order valence-electron chi connectivity index (χ2n) is 6.96. The zero-order chi connectivity index (χ0) is 18.0. The van der Waals surface area contributed by atoms with Crippen LogP contribution in [0.5, 0.6) is 5.75 Å². The minimum atomic E-state index is -2.98. The Labute approximate surface area is 149 Å². The Hall–Kier alpha value is -1.60. The average Bonchev–Trinajstić information content (AvgIpc) is 3.20. The summed E-state index contributed by atoms with van der Waals surface area (Å²) in [5.41, 5.74) is 1.19. The highest BCUT2D eigenvalue weighted by atomic mass is 32.2. The third-order valence-corrected chi connectivity index (χ3v) is 7.10. The van der Waals surface area contributed by atoms with Gasteiger partial charge in [-0.3, -0.25) is 9.69 Å². The summed E-state index contributed by atoms with van der Waals surface area (Å²) >= 11 is 0. The van der Waals surface area contributed by atoms with Crippen LogP contribution < -0.4 is 4.74 Å². The van der Waals surface area contributed by atoms with Crippen molar-refractivity contribution in [1.29, 1.82) is 0 Å². The van der Waals surface area contributed by atoms with E-state index in [9.17, 15) is 13.2 Å². The van der Waals surface area contributed by atoms with Crippen LogP contribution in [0.1, 0.15) is 30.9 Å². The second kappa shape index (κ2) is 7.33. The maximum Gasteiger partial charge on any atom is 0.236 e. The summed E-state index contributed by atoms with van der Waals surface area (Å²) in [6, 6.07) is 8.06. The van der Waals surface area contributed by atoms with Crippen LogP contribution in [0.3, 0.4) is 0 Å². The predicted molar refractivity (Wildman–Crippen MR) is 96.4 cm³/mol. The van der Waals surface area contributed by atoms with E-state index < -0.39 is 9.84 Å². The van der Waals surface area contributed by atoms with Crippen molar-refractivity contribution in [3.05, 3.63) is 29.8 Å². The number of carbonyl (C=O) groups excluding carboxylic acids is 1. The number of likely N-dealkylation sites (N-methyl/N-ethyl adjacent to an activating group) is 1. The number of sulfone groups is 1. The van der Waals surface area contributed by atoms with Gasteiger partial charge < -0.3 is 9.64 Å². The second-order valence-corrected chi connectivity index (χ2v) is 9.19. The molecule has 2 aliphatic rings. The molecule has 0 N–H and O–H groups in total. The molecule has 2 fully saturated rings. The Morgan fingerprint density at radius 2 is 2.00 bits per heavy atom. The Bertz CT molecular complexity index is 717. The highest BCUT2D eigenvalue weighted by Crippen LogP contribution is 2.32. The number of rotatable bonds is 5. The smallest absolute Gasteiger partial charge is 0.236 e. The van der Waals surface area contributed by atoms with Gasteiger partial charge in [-0.05, 0) is 43.5 Å². The largest absolute Gasteiger partial charge is 0.497 e. The number of methoxy groups -OCH3 is 1. The molecule has 3 rings (SSSR count). The van der Waals surface area contributed by atoms with Crippen LogP contribution in [-0.4, -0.2) is 68.9 Å². The van der Waals surface area contributed by atoms with Crippen molar-refractivity contribution in [2.75, 3.05) is 38.8 Å². The highest BCUT2D eigenvalue weighted by Gasteiger charge is 2.34. The molecule has 25 heavy (non-hydrogen) atoms. The summed E-state index contributed by atoms with van der Waals surface area (Å²) in [4.78, 5) is 16.5. The van der Waals surface area contributed by atoms with Gasteiger partial charge in [-0.15, -0.1) is 0 Å². The van der Waals surface area contributed by atoms with Gasteiger partial charge >= 0.3 is 0 Å². The number of benzene rings is 1. The lowest BCUT2D eigenvalue weighted by Crippen LogP contribution is -2.43. The monoisotopic (exact) mass is 366 g/mol. The van der Waals surface area contributed by atoms with E-state index in [-0.39, 0.29) is 29.5 Å². The van der Waals surface area contributed by atoms with Crippen molar-refractivity contribution in [3.63, 3.8) is 0 Å². The summed E-state index contributed by atoms with van der Waals surface area (Å²) in [5, 5.41) is 0. The zero-order valence-electron chi connectivity index (χ0n) is 14.8. The molecular formula is C18H26N2O4S. The number of amides is 1. The van der Waals surface area contributed by atoms with E-state index >= 15 is 0 Å². The lowest BCUT2D eigenvalue weighted by Gasteiger charge is -2.29. The molecule has 1 amide bonds. The molecule has 0 saturated carbocycles. The molecule has 1 aromatic carbocycles. The van der Waals surface area contributed by atoms with Gasteiger partial charge in [-0.25, -0.2) is 8.42 Å². The van der Waals surface area contributed by atoms with E-state index in [4.69, 9.17) is 4.74 Å². The first-order valence-corrected chi connectivity index (χ1v) is 10.6. The minimum absolute atomic E-state index is 0.00233. The van der Waals surface area contributed by atoms with Crippen molar-refractivity contribution in [2.45, 2.75) is 31.3 Å². The maximum absolute atomic E-state index is 12.6. The molecule has 0 aromatic heterocycles. The van der Waals surface area contributed by atoms with Crippen molar-refractivity contribution in [1.82, 2.24) is 9.80 Å². The van der Waals surface area contributed by atoms with E-state index in [0.29, 0.717) is 13.0 Å². The van der Waals surface area contributed by atoms with Crippen LogP contribution in [0, 0.1) is 0 Å². The molecule has 2 atom stereocenters. The first-order chi connectivity index (χ1) is 11.9. The molecule has 2 aliphatic heterocycles. The maximum atomic E-state index is 12.6. The van der Waals surface area contributed by atoms with Gasteiger partial charge in [0.25, 0.3) is 0 Å². The molecule has 6 nitrogen and oxygen atoms in total. The molecule has 138 valence electrons. The summed E-state index contributed by atoms with van der Waals surface area (Å²) in [6.07, 6.45) is 2.64. The number of nitrogens with zero attached hydrogens (tertiary/aromatic N) is 2. The number of ether oxygens (including phenoxy) is 1. The summed E-state index contributed by atoms with van der Waals surface area (Å²) in [5.74, 6) is 1.11. The molecule has 2 heterocycles. The Morgan fingerprint density at radius 3 is 2.60 bits per heavy atom. The van der Waals surface area contributed by atoms with Crippen molar-refractivity contribution in [2.24, 2.45) is 0 Å². The number of hydrogen-bond donors (Lipinski definition) is 0. The fraction of sp³-hybridized carbons (Fsp3) is 0.611. The first kappa shape index (κ1) is 18.2. The SMILES string of the molecule is COc1ccc([C@@H]2CCCN2CC(=O)N(C)[C@@H]2CCS(=O)(=O)C2)cc1. The molecule has 1 aromatic rings. The molecule has 0 unspecified atom stereocenters. The number of hydrogen-bond acceptors (Lipinski definition) is 5. The van der Waals surface area contributed by atoms with Gasteiger partial charge in [-0.2, -0.15) is 0 Å². The standard InChI is InChI=1S/C18H26N2O4S/c1-19(15-9-11-25(22,23)13-15)18(21)12-20-10-3-4-17(20)14-5-7-16(24-2)8-6-14/h5-8,15,17H,3-4,9-13H2,1-2H3/t15-,17+/m1/s1. The minimum Gasteiger partial charge on any atom is -0.497 e. The molecule has 0 spiro atoms. The predicted octanol–water partition coefficient (Wildman–Crippen LogP) is 1.48. The summed E-state index contributed by atoms with van der Waals surface area (Å²) in [6.45, 7) is 1.23. The van der Waals surface area contributed by atoms with Gasteiger partial charge in [0.15, 0.2) is 9.84 Å². The summed E-state index contributed by atoms with van der Waals surface area (Å²) < 4.78 is 28.5. The molecule has 2 saturated heterocycles. The van der Waals surface area contributed by atoms with E-state index in [0.717, 1.165) is 25.1 Å². The van der Waals surface area contributed by atoms with Crippen LogP contribution in [0.15, 0.2) is 24.3 Å². The number of likely N-dealkylation sites (tertiary alicyclic amines) is 1. The van der Waals surface area contributed by atoms with Gasteiger partial charge in [0, 0.05) is 19.1 Å². The van der Waals surface area contributed by atoms with Crippen molar-refractivity contribution in [3.8, 4) is 5.75 Å². The van der Waals surface area contributed by atoms with Gasteiger partial charge in [-0.1, -0.05) is 12.1 Å². The van der Waals surface area contributed by atoms with E-state index in [1.807, 2.05) is 12.1 Å². The third-order valence-electron chi connectivity index (χ3n) is 5.35.